The van der Waals surface area contributed by atoms with Crippen LogP contribution >= 0.6 is 0 Å². The average molecular weight is 532 g/mol. The van der Waals surface area contributed by atoms with Gasteiger partial charge in [-0.3, -0.25) is 4.48 Å². The second-order valence-electron chi connectivity index (χ2n) is 13.9. The van der Waals surface area contributed by atoms with Gasteiger partial charge in [0.05, 0.1) is 21.1 Å². The van der Waals surface area contributed by atoms with Gasteiger partial charge in [0, 0.05) is 28.2 Å². The quantitative estimate of drug-likeness (QED) is 0.242. The van der Waals surface area contributed by atoms with Gasteiger partial charge in [0.1, 0.15) is 17.0 Å². The van der Waals surface area contributed by atoms with Crippen LogP contribution in [0, 0.1) is 38.5 Å². The van der Waals surface area contributed by atoms with E-state index < -0.39 is 5.97 Å². The highest BCUT2D eigenvalue weighted by molar-refractivity contribution is 5.67. The molecule has 0 radical (unpaired) electrons. The van der Waals surface area contributed by atoms with Crippen molar-refractivity contribution in [1.82, 2.24) is 4.48 Å². The molecule has 1 aliphatic rings. The van der Waals surface area contributed by atoms with Crippen molar-refractivity contribution in [2.45, 2.75) is 139 Å². The molecule has 220 valence electrons. The van der Waals surface area contributed by atoms with Crippen molar-refractivity contribution in [3.05, 3.63) is 22.3 Å². The molecule has 0 bridgehead atoms. The molecular formula is C34H61NO3. The number of carbonyl (C=O) groups excluding carboxylic acids is 1. The van der Waals surface area contributed by atoms with Crippen molar-refractivity contribution in [1.29, 1.82) is 0 Å². The first-order valence-corrected chi connectivity index (χ1v) is 15.3. The molecule has 1 aromatic rings. The summed E-state index contributed by atoms with van der Waals surface area (Å²) in [6.45, 7) is 19.8. The van der Waals surface area contributed by atoms with Gasteiger partial charge in [-0.15, -0.1) is 0 Å². The van der Waals surface area contributed by atoms with Crippen LogP contribution in [0.3, 0.4) is 0 Å². The van der Waals surface area contributed by atoms with Crippen LogP contribution in [0.25, 0.3) is 0 Å². The fourth-order valence-electron chi connectivity index (χ4n) is 6.28. The molecule has 1 heterocycles. The Labute approximate surface area is 236 Å². The minimum atomic E-state index is -1.08. The van der Waals surface area contributed by atoms with E-state index in [2.05, 4.69) is 76.5 Å². The van der Waals surface area contributed by atoms with Crippen molar-refractivity contribution < 1.29 is 14.6 Å². The van der Waals surface area contributed by atoms with Crippen molar-refractivity contribution >= 4 is 11.7 Å². The van der Waals surface area contributed by atoms with E-state index in [0.29, 0.717) is 0 Å². The Kier molecular flexibility index (Phi) is 13.9. The average Bonchev–Trinajstić information content (AvgIpc) is 2.76. The fourth-order valence-corrected chi connectivity index (χ4v) is 6.28. The summed E-state index contributed by atoms with van der Waals surface area (Å²) in [6.07, 6.45) is 14.5. The first-order valence-electron chi connectivity index (χ1n) is 15.3. The van der Waals surface area contributed by atoms with E-state index in [4.69, 9.17) is 14.6 Å². The summed E-state index contributed by atoms with van der Waals surface area (Å²) < 4.78 is 7.69. The molecule has 0 spiro atoms. The third-order valence-corrected chi connectivity index (χ3v) is 8.54. The van der Waals surface area contributed by atoms with Gasteiger partial charge in [-0.25, -0.2) is 0 Å². The number of hydrogen-bond acceptors (Lipinski definition) is 3. The van der Waals surface area contributed by atoms with E-state index >= 15 is 0 Å². The maximum atomic E-state index is 8.89. The summed E-state index contributed by atoms with van der Waals surface area (Å²) in [6, 6.07) is 0. The maximum absolute atomic E-state index is 8.89. The molecule has 2 rings (SSSR count). The van der Waals surface area contributed by atoms with E-state index in [1.54, 1.807) is 0 Å². The van der Waals surface area contributed by atoms with Gasteiger partial charge in [0.2, 0.25) is 0 Å². The van der Waals surface area contributed by atoms with Gasteiger partial charge >= 0.3 is 0 Å². The summed E-state index contributed by atoms with van der Waals surface area (Å²) in [5.41, 5.74) is 7.11. The van der Waals surface area contributed by atoms with Crippen molar-refractivity contribution in [2.24, 2.45) is 17.8 Å². The molecule has 0 saturated carbocycles. The van der Waals surface area contributed by atoms with Crippen LogP contribution in [-0.4, -0.2) is 32.7 Å². The number of ether oxygens (including phenoxy) is 1. The topological polar surface area (TPSA) is 49.4 Å². The predicted octanol–water partition coefficient (Wildman–Crippen LogP) is 8.09. The Balaban J connectivity index is 0.00000168. The normalized spacial score (nSPS) is 18.8. The van der Waals surface area contributed by atoms with Crippen molar-refractivity contribution in [2.75, 3.05) is 21.1 Å². The van der Waals surface area contributed by atoms with Crippen LogP contribution in [0.5, 0.6) is 5.75 Å². The number of fused-ring (bicyclic) bond motifs is 1. The van der Waals surface area contributed by atoms with E-state index in [1.807, 2.05) is 0 Å². The zero-order valence-electron chi connectivity index (χ0n) is 27.2. The first kappa shape index (κ1) is 34.5. The summed E-state index contributed by atoms with van der Waals surface area (Å²) in [5, 5.41) is 8.89. The number of hydrogen-bond donors (Lipinski definition) is 0. The zero-order chi connectivity index (χ0) is 29.3. The standard InChI is InChI=1S/C32H58NO.C2H4O2/c1-23(2)15-12-16-24(3)17-13-18-25(4)19-14-21-32(8)22-20-29-28(7)30(33(9,10)11)26(5)27(6)31(29)34-32;1-2(3)4/h23-25H,12-22H2,1-11H3;1H3,(H,3,4)/q+1;/p-1/t24-,25-,32-;/m1./s1. The number of benzene rings is 1. The van der Waals surface area contributed by atoms with Gasteiger partial charge in [-0.1, -0.05) is 72.6 Å². The molecule has 0 amide bonds. The molecule has 0 aliphatic carbocycles. The number of carboxylic acid groups (broad SMARTS) is 1. The molecule has 0 fully saturated rings. The molecule has 0 saturated heterocycles. The van der Waals surface area contributed by atoms with Crippen LogP contribution in [0.2, 0.25) is 0 Å². The Morgan fingerprint density at radius 1 is 0.868 bits per heavy atom. The predicted molar refractivity (Wildman–Crippen MR) is 163 cm³/mol. The van der Waals surface area contributed by atoms with Gasteiger partial charge in [-0.2, -0.15) is 0 Å². The second-order valence-corrected chi connectivity index (χ2v) is 13.9. The second kappa shape index (κ2) is 15.3. The number of aliphatic carboxylic acids is 1. The number of carbonyl (C=O) groups is 1. The maximum Gasteiger partial charge on any atom is 0.138 e. The molecule has 4 nitrogen and oxygen atoms in total. The molecule has 0 N–H and O–H groups in total. The molecule has 4 heteroatoms. The third-order valence-electron chi connectivity index (χ3n) is 8.54. The van der Waals surface area contributed by atoms with E-state index in [9.17, 15) is 0 Å². The largest absolute Gasteiger partial charge is 0.550 e. The third kappa shape index (κ3) is 11.3. The number of carboxylic acids is 1. The van der Waals surface area contributed by atoms with Crippen molar-refractivity contribution in [3.8, 4) is 5.75 Å². The highest BCUT2D eigenvalue weighted by atomic mass is 16.5. The monoisotopic (exact) mass is 531 g/mol. The zero-order valence-corrected chi connectivity index (χ0v) is 27.2. The summed E-state index contributed by atoms with van der Waals surface area (Å²) in [7, 11) is 6.84. The lowest BCUT2D eigenvalue weighted by atomic mass is 9.83. The van der Waals surface area contributed by atoms with Gasteiger partial charge in [0.25, 0.3) is 0 Å². The van der Waals surface area contributed by atoms with Gasteiger partial charge < -0.3 is 14.6 Å². The van der Waals surface area contributed by atoms with E-state index in [0.717, 1.165) is 42.0 Å². The van der Waals surface area contributed by atoms with Crippen molar-refractivity contribution in [3.63, 3.8) is 0 Å². The number of nitrogens with zero attached hydrogens (tertiary/aromatic N) is 1. The lowest BCUT2D eigenvalue weighted by Gasteiger charge is -2.39. The lowest BCUT2D eigenvalue weighted by molar-refractivity contribution is -0.302. The van der Waals surface area contributed by atoms with Crippen LogP contribution in [0.4, 0.5) is 5.69 Å². The van der Waals surface area contributed by atoms with Crippen LogP contribution < -0.4 is 14.3 Å². The smallest absolute Gasteiger partial charge is 0.138 e. The highest BCUT2D eigenvalue weighted by Gasteiger charge is 2.36. The molecule has 38 heavy (non-hydrogen) atoms. The van der Waals surface area contributed by atoms with Crippen LogP contribution in [0.15, 0.2) is 0 Å². The molecular weight excluding hydrogens is 470 g/mol. The Morgan fingerprint density at radius 3 is 1.82 bits per heavy atom. The summed E-state index contributed by atoms with van der Waals surface area (Å²) in [4.78, 5) is 8.89. The highest BCUT2D eigenvalue weighted by Crippen LogP contribution is 2.45. The molecule has 0 unspecified atom stereocenters. The molecule has 1 aromatic carbocycles. The molecule has 1 aliphatic heterocycles. The Hall–Kier alpha value is -1.55. The molecule has 3 atom stereocenters. The minimum Gasteiger partial charge on any atom is -0.550 e. The lowest BCUT2D eigenvalue weighted by Crippen LogP contribution is -2.39. The molecule has 0 aromatic heterocycles. The summed E-state index contributed by atoms with van der Waals surface area (Å²) >= 11 is 0. The summed E-state index contributed by atoms with van der Waals surface area (Å²) in [5.74, 6) is 2.70. The van der Waals surface area contributed by atoms with Crippen LogP contribution in [-0.2, 0) is 11.2 Å². The number of quaternary nitrogens is 1. The van der Waals surface area contributed by atoms with Gasteiger partial charge in [0.15, 0.2) is 0 Å². The fraction of sp³-hybridized carbons (Fsp3) is 0.794. The van der Waals surface area contributed by atoms with E-state index in [-0.39, 0.29) is 5.60 Å². The Bertz CT molecular complexity index is 879. The SMILES string of the molecule is CC(=O)[O-].Cc1c(C)c([N+](C)(C)C)c(C)c2c1O[C@](C)(CCC[C@H](C)CCC[C@H](C)CCCC(C)C)CC2. The van der Waals surface area contributed by atoms with Gasteiger partial charge in [-0.05, 0) is 78.1 Å². The number of rotatable bonds is 13. The van der Waals surface area contributed by atoms with E-state index in [1.165, 1.54) is 91.5 Å². The minimum absolute atomic E-state index is 0.0145. The first-order chi connectivity index (χ1) is 17.5. The Morgan fingerprint density at radius 2 is 1.34 bits per heavy atom. The van der Waals surface area contributed by atoms with Crippen LogP contribution in [0.1, 0.15) is 128 Å².